The van der Waals surface area contributed by atoms with E-state index in [1.807, 2.05) is 6.07 Å². The minimum atomic E-state index is -0.727. The maximum Gasteiger partial charge on any atom is 0.333 e. The second-order valence-corrected chi connectivity index (χ2v) is 6.23. The van der Waals surface area contributed by atoms with Crippen molar-refractivity contribution in [2.45, 2.75) is 0 Å². The van der Waals surface area contributed by atoms with E-state index in [-0.39, 0.29) is 5.56 Å². The number of hydrogen-bond acceptors (Lipinski definition) is 4. The third kappa shape index (κ3) is 3.60. The zero-order chi connectivity index (χ0) is 18.7. The van der Waals surface area contributed by atoms with Crippen molar-refractivity contribution in [1.29, 1.82) is 0 Å². The Bertz CT molecular complexity index is 1090. The average molecular weight is 416 g/mol. The molecule has 8 heteroatoms. The molecule has 132 valence electrons. The van der Waals surface area contributed by atoms with Crippen molar-refractivity contribution in [2.75, 3.05) is 12.4 Å². The molecule has 7 nitrogen and oxygen atoms in total. The van der Waals surface area contributed by atoms with Crippen molar-refractivity contribution >= 4 is 27.5 Å². The van der Waals surface area contributed by atoms with E-state index >= 15 is 0 Å². The number of aromatic nitrogens is 2. The summed E-state index contributed by atoms with van der Waals surface area (Å²) in [4.78, 5) is 39.8. The van der Waals surface area contributed by atoms with Crippen molar-refractivity contribution in [3.05, 3.63) is 85.6 Å². The fourth-order valence-electron chi connectivity index (χ4n) is 2.38. The number of benzene rings is 2. The van der Waals surface area contributed by atoms with Gasteiger partial charge in [-0.3, -0.25) is 9.59 Å². The quantitative estimate of drug-likeness (QED) is 0.684. The zero-order valence-corrected chi connectivity index (χ0v) is 15.2. The normalized spacial score (nSPS) is 10.4. The summed E-state index contributed by atoms with van der Waals surface area (Å²) in [7, 11) is 1.48. The van der Waals surface area contributed by atoms with Gasteiger partial charge in [0, 0.05) is 22.4 Å². The van der Waals surface area contributed by atoms with Crippen LogP contribution in [0.2, 0.25) is 0 Å². The highest BCUT2D eigenvalue weighted by atomic mass is 79.9. The lowest BCUT2D eigenvalue weighted by Crippen LogP contribution is -2.38. The third-order valence-electron chi connectivity index (χ3n) is 3.62. The molecule has 26 heavy (non-hydrogen) atoms. The van der Waals surface area contributed by atoms with Gasteiger partial charge in [0.2, 0.25) is 0 Å². The molecular formula is C18H14BrN3O4. The monoisotopic (exact) mass is 415 g/mol. The molecule has 3 aromatic rings. The molecule has 2 aromatic carbocycles. The van der Waals surface area contributed by atoms with Crippen LogP contribution in [0.5, 0.6) is 5.75 Å². The summed E-state index contributed by atoms with van der Waals surface area (Å²) in [5.41, 5.74) is -0.750. The lowest BCUT2D eigenvalue weighted by atomic mass is 10.2. The standard InChI is InChI=1S/C18H14BrN3O4/c1-26-14-7-3-6-13(9-14)22-17(24)15(10-20-18(22)25)16(23)21-12-5-2-4-11(19)8-12/h2-10H,1H3,(H,20,25)(H,21,23). The van der Waals surface area contributed by atoms with Gasteiger partial charge < -0.3 is 15.0 Å². The molecular weight excluding hydrogens is 402 g/mol. The molecule has 0 spiro atoms. The molecule has 0 aliphatic carbocycles. The number of nitrogens with one attached hydrogen (secondary N) is 2. The molecule has 1 aromatic heterocycles. The van der Waals surface area contributed by atoms with E-state index in [1.165, 1.54) is 13.2 Å². The summed E-state index contributed by atoms with van der Waals surface area (Å²) in [5.74, 6) is -0.140. The molecule has 1 amide bonds. The number of rotatable bonds is 4. The van der Waals surface area contributed by atoms with Gasteiger partial charge in [0.15, 0.2) is 0 Å². The van der Waals surface area contributed by atoms with E-state index in [1.54, 1.807) is 36.4 Å². The summed E-state index contributed by atoms with van der Waals surface area (Å²) >= 11 is 3.31. The third-order valence-corrected chi connectivity index (χ3v) is 4.11. The fourth-order valence-corrected chi connectivity index (χ4v) is 2.78. The molecule has 1 heterocycles. The molecule has 0 fully saturated rings. The molecule has 0 radical (unpaired) electrons. The van der Waals surface area contributed by atoms with Crippen LogP contribution in [0.15, 0.2) is 68.8 Å². The number of ether oxygens (including phenoxy) is 1. The van der Waals surface area contributed by atoms with Crippen LogP contribution in [-0.4, -0.2) is 22.6 Å². The van der Waals surface area contributed by atoms with Crippen LogP contribution in [0.25, 0.3) is 5.69 Å². The molecule has 0 aliphatic rings. The SMILES string of the molecule is COc1cccc(-n2c(=O)[nH]cc(C(=O)Nc3cccc(Br)c3)c2=O)c1. The van der Waals surface area contributed by atoms with Gasteiger partial charge in [-0.25, -0.2) is 9.36 Å². The number of carbonyl (C=O) groups excluding carboxylic acids is 1. The van der Waals surface area contributed by atoms with Gasteiger partial charge in [-0.05, 0) is 30.3 Å². The summed E-state index contributed by atoms with van der Waals surface area (Å²) < 4.78 is 6.78. The van der Waals surface area contributed by atoms with Crippen molar-refractivity contribution in [2.24, 2.45) is 0 Å². The van der Waals surface area contributed by atoms with Crippen LogP contribution in [0.3, 0.4) is 0 Å². The highest BCUT2D eigenvalue weighted by molar-refractivity contribution is 9.10. The number of amides is 1. The van der Waals surface area contributed by atoms with E-state index in [0.717, 1.165) is 15.2 Å². The molecule has 0 saturated heterocycles. The van der Waals surface area contributed by atoms with E-state index in [9.17, 15) is 14.4 Å². The van der Waals surface area contributed by atoms with Crippen LogP contribution in [0.4, 0.5) is 5.69 Å². The molecule has 0 aliphatic heterocycles. The lowest BCUT2D eigenvalue weighted by molar-refractivity contribution is 0.102. The van der Waals surface area contributed by atoms with Crippen molar-refractivity contribution in [1.82, 2.24) is 9.55 Å². The summed E-state index contributed by atoms with van der Waals surface area (Å²) in [5, 5.41) is 2.63. The molecule has 0 atom stereocenters. The maximum atomic E-state index is 12.7. The Hall–Kier alpha value is -3.13. The van der Waals surface area contributed by atoms with Crippen LogP contribution >= 0.6 is 15.9 Å². The highest BCUT2D eigenvalue weighted by Crippen LogP contribution is 2.16. The van der Waals surface area contributed by atoms with E-state index in [4.69, 9.17) is 4.74 Å². The number of methoxy groups -OCH3 is 1. The zero-order valence-electron chi connectivity index (χ0n) is 13.7. The van der Waals surface area contributed by atoms with Gasteiger partial charge >= 0.3 is 5.69 Å². The maximum absolute atomic E-state index is 12.7. The largest absolute Gasteiger partial charge is 0.497 e. The number of hydrogen-bond donors (Lipinski definition) is 2. The van der Waals surface area contributed by atoms with Crippen LogP contribution < -0.4 is 21.3 Å². The topological polar surface area (TPSA) is 93.2 Å². The van der Waals surface area contributed by atoms with Crippen molar-refractivity contribution < 1.29 is 9.53 Å². The van der Waals surface area contributed by atoms with Crippen LogP contribution in [-0.2, 0) is 0 Å². The number of H-pyrrole nitrogens is 1. The summed E-state index contributed by atoms with van der Waals surface area (Å²) in [6.45, 7) is 0. The number of aromatic amines is 1. The van der Waals surface area contributed by atoms with Gasteiger partial charge in [-0.1, -0.05) is 28.1 Å². The van der Waals surface area contributed by atoms with E-state index in [2.05, 4.69) is 26.2 Å². The summed E-state index contributed by atoms with van der Waals surface area (Å²) in [6, 6.07) is 13.4. The molecule has 3 rings (SSSR count). The average Bonchev–Trinajstić information content (AvgIpc) is 2.62. The first-order valence-electron chi connectivity index (χ1n) is 7.55. The first-order valence-corrected chi connectivity index (χ1v) is 8.35. The lowest BCUT2D eigenvalue weighted by Gasteiger charge is -2.09. The Morgan fingerprint density at radius 1 is 1.15 bits per heavy atom. The van der Waals surface area contributed by atoms with Crippen molar-refractivity contribution in [3.63, 3.8) is 0 Å². The van der Waals surface area contributed by atoms with Gasteiger partial charge in [-0.2, -0.15) is 0 Å². The molecule has 0 saturated carbocycles. The van der Waals surface area contributed by atoms with Gasteiger partial charge in [0.05, 0.1) is 12.8 Å². The predicted octanol–water partition coefficient (Wildman–Crippen LogP) is 2.55. The Labute approximate surface area is 156 Å². The minimum absolute atomic E-state index is 0.188. The number of anilines is 1. The van der Waals surface area contributed by atoms with Gasteiger partial charge in [-0.15, -0.1) is 0 Å². The number of carbonyl (C=O) groups is 1. The first kappa shape index (κ1) is 17.7. The fraction of sp³-hybridized carbons (Fsp3) is 0.0556. The Morgan fingerprint density at radius 3 is 2.65 bits per heavy atom. The van der Waals surface area contributed by atoms with Gasteiger partial charge in [0.1, 0.15) is 11.3 Å². The second kappa shape index (κ2) is 7.40. The van der Waals surface area contributed by atoms with E-state index < -0.39 is 17.2 Å². The van der Waals surface area contributed by atoms with E-state index in [0.29, 0.717) is 17.1 Å². The second-order valence-electron chi connectivity index (χ2n) is 5.31. The molecule has 0 bridgehead atoms. The van der Waals surface area contributed by atoms with Crippen LogP contribution in [0, 0.1) is 0 Å². The first-order chi connectivity index (χ1) is 12.5. The number of halogens is 1. The van der Waals surface area contributed by atoms with Crippen molar-refractivity contribution in [3.8, 4) is 11.4 Å². The Morgan fingerprint density at radius 2 is 1.92 bits per heavy atom. The highest BCUT2D eigenvalue weighted by Gasteiger charge is 2.16. The van der Waals surface area contributed by atoms with Gasteiger partial charge in [0.25, 0.3) is 11.5 Å². The smallest absolute Gasteiger partial charge is 0.333 e. The molecule has 0 unspecified atom stereocenters. The minimum Gasteiger partial charge on any atom is -0.497 e. The summed E-state index contributed by atoms with van der Waals surface area (Å²) in [6.07, 6.45) is 1.11. The molecule has 2 N–H and O–H groups in total. The van der Waals surface area contributed by atoms with Crippen LogP contribution in [0.1, 0.15) is 10.4 Å². The Kier molecular flexibility index (Phi) is 5.04. The Balaban J connectivity index is 2.03. The number of nitrogens with zero attached hydrogens (tertiary/aromatic N) is 1. The predicted molar refractivity (Wildman–Crippen MR) is 101 cm³/mol.